The molecule has 1 aromatic rings. The van der Waals surface area contributed by atoms with E-state index in [1.165, 1.54) is 28.5 Å². The van der Waals surface area contributed by atoms with Gasteiger partial charge in [-0.15, -0.1) is 0 Å². The minimum absolute atomic E-state index is 0.772. The smallest absolute Gasteiger partial charge is 0.0236 e. The molecule has 14 heavy (non-hydrogen) atoms. The average molecular weight is 301 g/mol. The van der Waals surface area contributed by atoms with E-state index in [9.17, 15) is 0 Å². The third-order valence-electron chi connectivity index (χ3n) is 2.99. The van der Waals surface area contributed by atoms with Crippen LogP contribution < -0.4 is 0 Å². The molecule has 0 bridgehead atoms. The van der Waals surface area contributed by atoms with Crippen molar-refractivity contribution in [2.45, 2.75) is 32.4 Å². The molecule has 1 unspecified atom stereocenters. The zero-order valence-corrected chi connectivity index (χ0v) is 10.7. The van der Waals surface area contributed by atoms with Crippen molar-refractivity contribution < 1.29 is 0 Å². The maximum Gasteiger partial charge on any atom is 0.0236 e. The Balaban J connectivity index is 2.00. The lowest BCUT2D eigenvalue weighted by Crippen LogP contribution is -2.26. The van der Waals surface area contributed by atoms with Crippen LogP contribution in [0.4, 0.5) is 0 Å². The zero-order valence-electron chi connectivity index (χ0n) is 8.54. The molecule has 0 N–H and O–H groups in total. The Morgan fingerprint density at radius 3 is 2.64 bits per heavy atom. The monoisotopic (exact) mass is 301 g/mol. The van der Waals surface area contributed by atoms with Crippen LogP contribution in [0.3, 0.4) is 0 Å². The summed E-state index contributed by atoms with van der Waals surface area (Å²) in [5.74, 6) is 0. The highest BCUT2D eigenvalue weighted by Gasteiger charge is 2.19. The highest BCUT2D eigenvalue weighted by Crippen LogP contribution is 2.19. The number of halogens is 1. The van der Waals surface area contributed by atoms with Crippen LogP contribution in [0, 0.1) is 3.57 Å². The molecule has 2 heteroatoms. The van der Waals surface area contributed by atoms with E-state index in [0.29, 0.717) is 0 Å². The molecule has 1 fully saturated rings. The molecule has 1 saturated heterocycles. The molecule has 0 saturated carbocycles. The quantitative estimate of drug-likeness (QED) is 0.758. The predicted octanol–water partition coefficient (Wildman–Crippen LogP) is 3.28. The zero-order chi connectivity index (χ0) is 9.97. The van der Waals surface area contributed by atoms with Gasteiger partial charge in [-0.2, -0.15) is 0 Å². The summed E-state index contributed by atoms with van der Waals surface area (Å²) < 4.78 is 1.32. The summed E-state index contributed by atoms with van der Waals surface area (Å²) in [5.41, 5.74) is 1.44. The molecule has 1 aromatic carbocycles. The van der Waals surface area contributed by atoms with Crippen LogP contribution in [-0.2, 0) is 6.54 Å². The second kappa shape index (κ2) is 4.62. The summed E-state index contributed by atoms with van der Waals surface area (Å²) >= 11 is 2.35. The molecule has 1 heterocycles. The SMILES string of the molecule is CC1CCCN1Cc1ccc(I)cc1. The largest absolute Gasteiger partial charge is 0.296 e. The van der Waals surface area contributed by atoms with E-state index in [2.05, 4.69) is 58.7 Å². The predicted molar refractivity (Wildman–Crippen MR) is 68.3 cm³/mol. The Morgan fingerprint density at radius 1 is 1.36 bits per heavy atom. The third-order valence-corrected chi connectivity index (χ3v) is 3.71. The molecule has 0 spiro atoms. The van der Waals surface area contributed by atoms with Crippen LogP contribution in [0.2, 0.25) is 0 Å². The van der Waals surface area contributed by atoms with Gasteiger partial charge in [-0.25, -0.2) is 0 Å². The molecule has 0 amide bonds. The molecule has 1 aliphatic rings. The molecule has 0 aliphatic carbocycles. The summed E-state index contributed by atoms with van der Waals surface area (Å²) in [7, 11) is 0. The number of rotatable bonds is 2. The summed E-state index contributed by atoms with van der Waals surface area (Å²) in [6.07, 6.45) is 2.73. The lowest BCUT2D eigenvalue weighted by molar-refractivity contribution is 0.260. The van der Waals surface area contributed by atoms with E-state index < -0.39 is 0 Å². The number of likely N-dealkylation sites (tertiary alicyclic amines) is 1. The first kappa shape index (κ1) is 10.4. The standard InChI is InChI=1S/C12H16IN/c1-10-3-2-8-14(10)9-11-4-6-12(13)7-5-11/h4-7,10H,2-3,8-9H2,1H3. The van der Waals surface area contributed by atoms with Crippen molar-refractivity contribution in [3.63, 3.8) is 0 Å². The Kier molecular flexibility index (Phi) is 3.44. The van der Waals surface area contributed by atoms with Gasteiger partial charge < -0.3 is 0 Å². The topological polar surface area (TPSA) is 3.24 Å². The van der Waals surface area contributed by atoms with Crippen molar-refractivity contribution in [1.82, 2.24) is 4.90 Å². The second-order valence-electron chi connectivity index (χ2n) is 4.09. The minimum Gasteiger partial charge on any atom is -0.296 e. The maximum atomic E-state index is 2.57. The fourth-order valence-corrected chi connectivity index (χ4v) is 2.41. The van der Waals surface area contributed by atoms with Crippen LogP contribution in [0.5, 0.6) is 0 Å². The van der Waals surface area contributed by atoms with Gasteiger partial charge in [-0.3, -0.25) is 4.90 Å². The van der Waals surface area contributed by atoms with Crippen molar-refractivity contribution in [3.8, 4) is 0 Å². The molecule has 76 valence electrons. The van der Waals surface area contributed by atoms with Gasteiger partial charge in [-0.05, 0) is 66.6 Å². The molecule has 0 aromatic heterocycles. The Labute approximate surface area is 99.6 Å². The van der Waals surface area contributed by atoms with Crippen LogP contribution in [0.15, 0.2) is 24.3 Å². The van der Waals surface area contributed by atoms with Gasteiger partial charge >= 0.3 is 0 Å². The highest BCUT2D eigenvalue weighted by atomic mass is 127. The van der Waals surface area contributed by atoms with Gasteiger partial charge in [0.25, 0.3) is 0 Å². The van der Waals surface area contributed by atoms with E-state index in [0.717, 1.165) is 12.6 Å². The van der Waals surface area contributed by atoms with Crippen LogP contribution in [0.1, 0.15) is 25.3 Å². The lowest BCUT2D eigenvalue weighted by Gasteiger charge is -2.20. The van der Waals surface area contributed by atoms with Crippen molar-refractivity contribution in [1.29, 1.82) is 0 Å². The number of hydrogen-bond donors (Lipinski definition) is 0. The fourth-order valence-electron chi connectivity index (χ4n) is 2.05. The highest BCUT2D eigenvalue weighted by molar-refractivity contribution is 14.1. The summed E-state index contributed by atoms with van der Waals surface area (Å²) in [5, 5.41) is 0. The second-order valence-corrected chi connectivity index (χ2v) is 5.33. The van der Waals surface area contributed by atoms with E-state index in [1.54, 1.807) is 0 Å². The molecular weight excluding hydrogens is 285 g/mol. The number of benzene rings is 1. The first-order valence-corrected chi connectivity index (χ1v) is 6.32. The van der Waals surface area contributed by atoms with Gasteiger partial charge in [0, 0.05) is 16.2 Å². The van der Waals surface area contributed by atoms with Gasteiger partial charge in [0.1, 0.15) is 0 Å². The molecule has 0 radical (unpaired) electrons. The average Bonchev–Trinajstić information content (AvgIpc) is 2.56. The Hall–Kier alpha value is -0.0900. The molecule has 1 atom stereocenters. The van der Waals surface area contributed by atoms with Crippen molar-refractivity contribution in [2.24, 2.45) is 0 Å². The molecule has 2 rings (SSSR count). The summed E-state index contributed by atoms with van der Waals surface area (Å²) in [6, 6.07) is 9.64. The van der Waals surface area contributed by atoms with E-state index in [1.807, 2.05) is 0 Å². The third kappa shape index (κ3) is 2.48. The Morgan fingerprint density at radius 2 is 2.07 bits per heavy atom. The summed E-state index contributed by atoms with van der Waals surface area (Å²) in [4.78, 5) is 2.57. The molecule has 1 aliphatic heterocycles. The Bertz CT molecular complexity index is 294. The lowest BCUT2D eigenvalue weighted by atomic mass is 10.2. The van der Waals surface area contributed by atoms with E-state index >= 15 is 0 Å². The van der Waals surface area contributed by atoms with E-state index in [-0.39, 0.29) is 0 Å². The van der Waals surface area contributed by atoms with E-state index in [4.69, 9.17) is 0 Å². The van der Waals surface area contributed by atoms with Crippen LogP contribution in [-0.4, -0.2) is 17.5 Å². The van der Waals surface area contributed by atoms with Crippen LogP contribution >= 0.6 is 22.6 Å². The first-order chi connectivity index (χ1) is 6.75. The van der Waals surface area contributed by atoms with Crippen molar-refractivity contribution in [2.75, 3.05) is 6.54 Å². The van der Waals surface area contributed by atoms with Crippen LogP contribution in [0.25, 0.3) is 0 Å². The normalized spacial score (nSPS) is 22.9. The number of nitrogens with zero attached hydrogens (tertiary/aromatic N) is 1. The minimum atomic E-state index is 0.772. The van der Waals surface area contributed by atoms with Gasteiger partial charge in [-0.1, -0.05) is 12.1 Å². The molecular formula is C12H16IN. The van der Waals surface area contributed by atoms with Gasteiger partial charge in [0.15, 0.2) is 0 Å². The first-order valence-electron chi connectivity index (χ1n) is 5.24. The van der Waals surface area contributed by atoms with Crippen molar-refractivity contribution >= 4 is 22.6 Å². The number of hydrogen-bond acceptors (Lipinski definition) is 1. The maximum absolute atomic E-state index is 2.57. The van der Waals surface area contributed by atoms with Gasteiger partial charge in [0.2, 0.25) is 0 Å². The molecule has 1 nitrogen and oxygen atoms in total. The fraction of sp³-hybridized carbons (Fsp3) is 0.500. The summed E-state index contributed by atoms with van der Waals surface area (Å²) in [6.45, 7) is 4.73. The van der Waals surface area contributed by atoms with Gasteiger partial charge in [0.05, 0.1) is 0 Å². The van der Waals surface area contributed by atoms with Crippen molar-refractivity contribution in [3.05, 3.63) is 33.4 Å².